The molecule has 2 aromatic heterocycles. The van der Waals surface area contributed by atoms with Gasteiger partial charge in [0.1, 0.15) is 22.4 Å². The summed E-state index contributed by atoms with van der Waals surface area (Å²) < 4.78 is 5.31. The smallest absolute Gasteiger partial charge is 0.270 e. The molecule has 9 heteroatoms. The molecule has 1 aliphatic heterocycles. The molecule has 0 aliphatic carbocycles. The Morgan fingerprint density at radius 2 is 2.22 bits per heavy atom. The number of furan rings is 1. The van der Waals surface area contributed by atoms with Crippen molar-refractivity contribution >= 4 is 28.4 Å². The fourth-order valence-corrected chi connectivity index (χ4v) is 3.78. The molecule has 27 heavy (non-hydrogen) atoms. The van der Waals surface area contributed by atoms with Crippen molar-refractivity contribution < 1.29 is 14.4 Å². The van der Waals surface area contributed by atoms with Gasteiger partial charge in [0.2, 0.25) is 0 Å². The third kappa shape index (κ3) is 3.20. The fraction of sp³-hybridized carbons (Fsp3) is 0.111. The maximum absolute atomic E-state index is 11.0. The first-order valence-electron chi connectivity index (χ1n) is 8.02. The van der Waals surface area contributed by atoms with Crippen LogP contribution in [0.1, 0.15) is 10.8 Å². The van der Waals surface area contributed by atoms with Gasteiger partial charge in [0.25, 0.3) is 5.69 Å². The van der Waals surface area contributed by atoms with Gasteiger partial charge in [-0.2, -0.15) is 0 Å². The van der Waals surface area contributed by atoms with Crippen LogP contribution >= 0.6 is 11.3 Å². The van der Waals surface area contributed by atoms with Crippen LogP contribution in [-0.4, -0.2) is 32.3 Å². The summed E-state index contributed by atoms with van der Waals surface area (Å²) in [6.45, 7) is 0.586. The highest BCUT2D eigenvalue weighted by atomic mass is 32.1. The number of hydrogen-bond donors (Lipinski definition) is 2. The van der Waals surface area contributed by atoms with Crippen LogP contribution in [0.15, 0.2) is 58.2 Å². The molecule has 1 aliphatic rings. The standard InChI is InChI=1S/C18H14N4O4S/c19-17-16(15(23)9-21(17)8-13-5-2-6-26-13)18-20-14(10-27-18)11-3-1-4-12(7-11)22(24)25/h1-7,10,19,23H,8-9H2. The van der Waals surface area contributed by atoms with Crippen LogP contribution in [0.4, 0.5) is 5.69 Å². The largest absolute Gasteiger partial charge is 0.510 e. The lowest BCUT2D eigenvalue weighted by molar-refractivity contribution is -0.384. The Labute approximate surface area is 157 Å². The van der Waals surface area contributed by atoms with Gasteiger partial charge < -0.3 is 14.4 Å². The molecule has 0 amide bonds. The van der Waals surface area contributed by atoms with E-state index in [-0.39, 0.29) is 23.8 Å². The SMILES string of the molecule is N=C1C(c2nc(-c3cccc([N+](=O)[O-])c3)cs2)=C(O)CN1Cc1ccco1. The lowest BCUT2D eigenvalue weighted by Gasteiger charge is -2.16. The molecule has 0 bridgehead atoms. The van der Waals surface area contributed by atoms with Crippen LogP contribution in [0.2, 0.25) is 0 Å². The predicted molar refractivity (Wildman–Crippen MR) is 101 cm³/mol. The molecule has 0 saturated carbocycles. The van der Waals surface area contributed by atoms with Crippen molar-refractivity contribution in [3.05, 3.63) is 74.7 Å². The first-order valence-corrected chi connectivity index (χ1v) is 8.90. The number of thiazole rings is 1. The number of hydrogen-bond acceptors (Lipinski definition) is 7. The highest BCUT2D eigenvalue weighted by Gasteiger charge is 2.30. The number of nitrogens with one attached hydrogen (secondary N) is 1. The van der Waals surface area contributed by atoms with Gasteiger partial charge in [-0.1, -0.05) is 12.1 Å². The molecule has 0 unspecified atom stereocenters. The Bertz CT molecular complexity index is 1060. The second-order valence-electron chi connectivity index (χ2n) is 5.95. The maximum atomic E-state index is 11.0. The molecule has 0 saturated heterocycles. The molecular weight excluding hydrogens is 368 g/mol. The van der Waals surface area contributed by atoms with Gasteiger partial charge >= 0.3 is 0 Å². The molecular formula is C18H14N4O4S. The van der Waals surface area contributed by atoms with E-state index in [1.165, 1.54) is 23.5 Å². The Balaban J connectivity index is 1.59. The molecule has 136 valence electrons. The Hall–Kier alpha value is -3.46. The number of benzene rings is 1. The Morgan fingerprint density at radius 3 is 2.96 bits per heavy atom. The number of nitro benzene ring substituents is 1. The summed E-state index contributed by atoms with van der Waals surface area (Å²) in [7, 11) is 0. The van der Waals surface area contributed by atoms with Crippen molar-refractivity contribution in [2.75, 3.05) is 6.54 Å². The van der Waals surface area contributed by atoms with Crippen LogP contribution in [-0.2, 0) is 6.54 Å². The van der Waals surface area contributed by atoms with E-state index in [2.05, 4.69) is 4.98 Å². The molecule has 4 rings (SSSR count). The Morgan fingerprint density at radius 1 is 1.37 bits per heavy atom. The van der Waals surface area contributed by atoms with Crippen molar-refractivity contribution in [1.29, 1.82) is 5.41 Å². The number of nitro groups is 1. The van der Waals surface area contributed by atoms with E-state index in [9.17, 15) is 15.2 Å². The topological polar surface area (TPSA) is 116 Å². The molecule has 1 aromatic carbocycles. The van der Waals surface area contributed by atoms with Gasteiger partial charge in [-0.3, -0.25) is 15.5 Å². The van der Waals surface area contributed by atoms with Crippen molar-refractivity contribution in [1.82, 2.24) is 9.88 Å². The zero-order chi connectivity index (χ0) is 19.0. The summed E-state index contributed by atoms with van der Waals surface area (Å²) in [6.07, 6.45) is 1.56. The number of amidine groups is 1. The fourth-order valence-electron chi connectivity index (χ4n) is 2.88. The minimum Gasteiger partial charge on any atom is -0.510 e. The maximum Gasteiger partial charge on any atom is 0.270 e. The van der Waals surface area contributed by atoms with Crippen LogP contribution < -0.4 is 0 Å². The highest BCUT2D eigenvalue weighted by molar-refractivity contribution is 7.11. The minimum atomic E-state index is -0.454. The van der Waals surface area contributed by atoms with Crippen molar-refractivity contribution in [3.63, 3.8) is 0 Å². The van der Waals surface area contributed by atoms with Gasteiger partial charge in [0.05, 0.1) is 35.5 Å². The van der Waals surface area contributed by atoms with E-state index in [1.807, 2.05) is 6.07 Å². The van der Waals surface area contributed by atoms with Crippen LogP contribution in [0, 0.1) is 15.5 Å². The summed E-state index contributed by atoms with van der Waals surface area (Å²) in [4.78, 5) is 16.7. The number of aliphatic hydroxyl groups excluding tert-OH is 1. The van der Waals surface area contributed by atoms with E-state index < -0.39 is 4.92 Å². The van der Waals surface area contributed by atoms with Crippen LogP contribution in [0.3, 0.4) is 0 Å². The van der Waals surface area contributed by atoms with Crippen molar-refractivity contribution in [3.8, 4) is 11.3 Å². The third-order valence-corrected chi connectivity index (χ3v) is 5.04. The summed E-state index contributed by atoms with van der Waals surface area (Å²) in [6, 6.07) is 9.80. The van der Waals surface area contributed by atoms with Gasteiger partial charge in [-0.05, 0) is 12.1 Å². The summed E-state index contributed by atoms with van der Waals surface area (Å²) in [5.41, 5.74) is 1.55. The molecule has 0 spiro atoms. The molecule has 0 fully saturated rings. The molecule has 2 N–H and O–H groups in total. The summed E-state index contributed by atoms with van der Waals surface area (Å²) in [5.74, 6) is 0.945. The summed E-state index contributed by atoms with van der Waals surface area (Å²) >= 11 is 1.28. The zero-order valence-corrected chi connectivity index (χ0v) is 14.8. The molecule has 0 atom stereocenters. The zero-order valence-electron chi connectivity index (χ0n) is 14.0. The van der Waals surface area contributed by atoms with Gasteiger partial charge in [-0.15, -0.1) is 11.3 Å². The number of non-ortho nitro benzene ring substituents is 1. The first kappa shape index (κ1) is 17.0. The normalized spacial score (nSPS) is 14.2. The number of rotatable bonds is 5. The van der Waals surface area contributed by atoms with Gasteiger partial charge in [0, 0.05) is 23.1 Å². The predicted octanol–water partition coefficient (Wildman–Crippen LogP) is 4.07. The van der Waals surface area contributed by atoms with E-state index in [4.69, 9.17) is 9.83 Å². The molecule has 8 nitrogen and oxygen atoms in total. The quantitative estimate of drug-likeness (QED) is 0.507. The minimum absolute atomic E-state index is 0.0117. The van der Waals surface area contributed by atoms with Gasteiger partial charge in [-0.25, -0.2) is 4.98 Å². The van der Waals surface area contributed by atoms with Crippen molar-refractivity contribution in [2.45, 2.75) is 6.54 Å². The second kappa shape index (κ2) is 6.69. The third-order valence-electron chi connectivity index (χ3n) is 4.18. The van der Waals surface area contributed by atoms with E-state index in [0.717, 1.165) is 0 Å². The van der Waals surface area contributed by atoms with E-state index in [0.29, 0.717) is 34.1 Å². The first-order chi connectivity index (χ1) is 13.0. The Kier molecular flexibility index (Phi) is 4.21. The summed E-state index contributed by atoms with van der Waals surface area (Å²) in [5, 5.41) is 32.0. The number of aromatic nitrogens is 1. The molecule has 3 aromatic rings. The van der Waals surface area contributed by atoms with Gasteiger partial charge in [0.15, 0.2) is 0 Å². The van der Waals surface area contributed by atoms with Crippen LogP contribution in [0.5, 0.6) is 0 Å². The van der Waals surface area contributed by atoms with Crippen molar-refractivity contribution in [2.24, 2.45) is 0 Å². The highest BCUT2D eigenvalue weighted by Crippen LogP contribution is 2.33. The molecule has 3 heterocycles. The number of aliphatic hydroxyl groups is 1. The molecule has 0 radical (unpaired) electrons. The monoisotopic (exact) mass is 382 g/mol. The van der Waals surface area contributed by atoms with E-state index >= 15 is 0 Å². The second-order valence-corrected chi connectivity index (χ2v) is 6.81. The lowest BCUT2D eigenvalue weighted by atomic mass is 10.1. The average molecular weight is 382 g/mol. The average Bonchev–Trinajstić information content (AvgIpc) is 3.38. The number of nitrogens with zero attached hydrogens (tertiary/aromatic N) is 3. The van der Waals surface area contributed by atoms with E-state index in [1.54, 1.807) is 34.7 Å². The lowest BCUT2D eigenvalue weighted by Crippen LogP contribution is -2.25. The van der Waals surface area contributed by atoms with Crippen LogP contribution in [0.25, 0.3) is 16.8 Å².